The van der Waals surface area contributed by atoms with Crippen LogP contribution < -0.4 is 0 Å². The van der Waals surface area contributed by atoms with Crippen LogP contribution >= 0.6 is 31.9 Å². The fourth-order valence-electron chi connectivity index (χ4n) is 5.57. The van der Waals surface area contributed by atoms with E-state index in [0.717, 1.165) is 28.2 Å². The van der Waals surface area contributed by atoms with Gasteiger partial charge in [0.2, 0.25) is 0 Å². The zero-order valence-electron chi connectivity index (χ0n) is 18.4. The van der Waals surface area contributed by atoms with E-state index in [9.17, 15) is 33.7 Å². The summed E-state index contributed by atoms with van der Waals surface area (Å²) in [6, 6.07) is 9.48. The molecule has 3 aliphatic rings. The second-order valence-electron chi connectivity index (χ2n) is 9.09. The third kappa shape index (κ3) is 3.86. The van der Waals surface area contributed by atoms with E-state index in [1.54, 1.807) is 0 Å². The second-order valence-corrected chi connectivity index (χ2v) is 11.2. The molecule has 2 saturated carbocycles. The molecule has 5 rings (SSSR count). The minimum atomic E-state index is -0.908. The first kappa shape index (κ1) is 24.7. The second kappa shape index (κ2) is 9.15. The number of halogens is 3. The smallest absolute Gasteiger partial charge is 0.273 e. The highest BCUT2D eigenvalue weighted by Crippen LogP contribution is 2.60. The molecule has 9 nitrogen and oxygen atoms in total. The molecule has 2 aliphatic carbocycles. The summed E-state index contributed by atoms with van der Waals surface area (Å²) in [5, 5.41) is 12.7. The summed E-state index contributed by atoms with van der Waals surface area (Å²) >= 11 is 7.21. The number of hydrogen-bond acceptors (Lipinski definition) is 6. The number of carbonyl (C=O) groups excluding carboxylic acids is 4. The molecule has 2 bridgehead atoms. The number of ketones is 1. The van der Waals surface area contributed by atoms with Gasteiger partial charge >= 0.3 is 0 Å². The first-order valence-corrected chi connectivity index (χ1v) is 12.9. The molecule has 6 atom stereocenters. The SMILES string of the molecule is O=C(CN(C(=O)c1cccc([N+](=O)[O-])c1)N1C(=O)[C@@H]2[C@H]3C[C@@H]([C@H](Br)[C@H]3Br)[C@H]2C1=O)c1ccc(F)cc1. The first-order chi connectivity index (χ1) is 17.1. The lowest BCUT2D eigenvalue weighted by molar-refractivity contribution is -0.384. The fourth-order valence-corrected chi connectivity index (χ4v) is 7.44. The molecule has 0 N–H and O–H groups in total. The monoisotopic (exact) mass is 621 g/mol. The number of benzene rings is 2. The number of carbonyl (C=O) groups is 4. The van der Waals surface area contributed by atoms with Crippen molar-refractivity contribution < 1.29 is 28.5 Å². The number of fused-ring (bicyclic) bond motifs is 5. The third-order valence-corrected chi connectivity index (χ3v) is 10.4. The van der Waals surface area contributed by atoms with Gasteiger partial charge in [-0.25, -0.2) is 9.40 Å². The maximum Gasteiger partial charge on any atom is 0.273 e. The minimum absolute atomic E-state index is 0.0257. The zero-order chi connectivity index (χ0) is 25.9. The van der Waals surface area contributed by atoms with Gasteiger partial charge in [0.05, 0.1) is 16.8 Å². The predicted molar refractivity (Wildman–Crippen MR) is 131 cm³/mol. The van der Waals surface area contributed by atoms with Crippen LogP contribution in [0.2, 0.25) is 0 Å². The van der Waals surface area contributed by atoms with Gasteiger partial charge < -0.3 is 0 Å². The number of alkyl halides is 2. The van der Waals surface area contributed by atoms with E-state index in [1.807, 2.05) is 0 Å². The number of Topliss-reactive ketones (excluding diaryl/α,β-unsaturated/α-hetero) is 1. The number of nitrogens with zero attached hydrogens (tertiary/aromatic N) is 3. The Bertz CT molecular complexity index is 1270. The number of nitro benzene ring substituents is 1. The Balaban J connectivity index is 1.52. The van der Waals surface area contributed by atoms with Gasteiger partial charge in [0.1, 0.15) is 12.4 Å². The van der Waals surface area contributed by atoms with Crippen molar-refractivity contribution in [3.63, 3.8) is 0 Å². The van der Waals surface area contributed by atoms with Crippen molar-refractivity contribution in [1.29, 1.82) is 0 Å². The summed E-state index contributed by atoms with van der Waals surface area (Å²) in [5.74, 6) is -4.76. The molecule has 186 valence electrons. The molecular weight excluding hydrogens is 605 g/mol. The molecule has 1 heterocycles. The Kier molecular flexibility index (Phi) is 6.27. The van der Waals surface area contributed by atoms with Gasteiger partial charge in [0.15, 0.2) is 5.78 Å². The van der Waals surface area contributed by atoms with Crippen LogP contribution in [0.1, 0.15) is 27.1 Å². The summed E-state index contributed by atoms with van der Waals surface area (Å²) in [6.45, 7) is -0.686. The molecule has 12 heteroatoms. The fraction of sp³-hybridized carbons (Fsp3) is 0.333. The number of amides is 3. The number of rotatable bonds is 6. The normalized spacial score (nSPS) is 28.4. The largest absolute Gasteiger partial charge is 0.292 e. The molecule has 0 spiro atoms. The van der Waals surface area contributed by atoms with Gasteiger partial charge in [-0.1, -0.05) is 37.9 Å². The van der Waals surface area contributed by atoms with Crippen molar-refractivity contribution in [2.75, 3.05) is 6.54 Å². The Morgan fingerprint density at radius 3 is 2.14 bits per heavy atom. The summed E-state index contributed by atoms with van der Waals surface area (Å²) in [6.07, 6.45) is 0.680. The van der Waals surface area contributed by atoms with E-state index in [-0.39, 0.29) is 38.3 Å². The first-order valence-electron chi connectivity index (χ1n) is 11.1. The van der Waals surface area contributed by atoms with E-state index < -0.39 is 52.6 Å². The number of non-ortho nitro benzene ring substituents is 1. The van der Waals surface area contributed by atoms with Crippen molar-refractivity contribution in [3.8, 4) is 0 Å². The van der Waals surface area contributed by atoms with Crippen LogP contribution in [0.3, 0.4) is 0 Å². The molecule has 2 aromatic carbocycles. The Morgan fingerprint density at radius 2 is 1.58 bits per heavy atom. The standard InChI is InChI=1S/C24H18Br2FN3O6/c25-20-15-9-16(21(20)26)19-18(15)23(33)29(24(19)34)28(10-17(31)11-4-6-13(27)7-5-11)22(32)12-2-1-3-14(8-12)30(35)36/h1-8,15-16,18-21H,9-10H2/t15-,16-,18-,19-,20+,21+/m1/s1. The Hall–Kier alpha value is -2.99. The van der Waals surface area contributed by atoms with Crippen molar-refractivity contribution in [3.05, 3.63) is 75.6 Å². The van der Waals surface area contributed by atoms with Gasteiger partial charge in [0, 0.05) is 32.9 Å². The lowest BCUT2D eigenvalue weighted by Crippen LogP contribution is -2.52. The van der Waals surface area contributed by atoms with Crippen LogP contribution in [0.4, 0.5) is 10.1 Å². The van der Waals surface area contributed by atoms with Gasteiger partial charge in [-0.05, 0) is 48.6 Å². The molecule has 2 aromatic rings. The number of imide groups is 1. The van der Waals surface area contributed by atoms with Crippen LogP contribution in [0, 0.1) is 39.6 Å². The van der Waals surface area contributed by atoms with Crippen molar-refractivity contribution in [2.24, 2.45) is 23.7 Å². The quantitative estimate of drug-likeness (QED) is 0.159. The average Bonchev–Trinajstić information content (AvgIpc) is 3.47. The maximum absolute atomic E-state index is 13.6. The lowest BCUT2D eigenvalue weighted by atomic mass is 9.81. The van der Waals surface area contributed by atoms with Crippen LogP contribution in [-0.2, 0) is 9.59 Å². The van der Waals surface area contributed by atoms with Crippen LogP contribution in [0.25, 0.3) is 0 Å². The van der Waals surface area contributed by atoms with Gasteiger partial charge in [-0.15, -0.1) is 0 Å². The molecule has 0 unspecified atom stereocenters. The molecule has 0 aromatic heterocycles. The third-order valence-electron chi connectivity index (χ3n) is 7.20. The summed E-state index contributed by atoms with van der Waals surface area (Å²) < 4.78 is 13.4. The average molecular weight is 623 g/mol. The van der Waals surface area contributed by atoms with Gasteiger partial charge in [-0.2, -0.15) is 5.01 Å². The lowest BCUT2D eigenvalue weighted by Gasteiger charge is -2.30. The van der Waals surface area contributed by atoms with Crippen molar-refractivity contribution >= 4 is 61.1 Å². The minimum Gasteiger partial charge on any atom is -0.292 e. The molecule has 36 heavy (non-hydrogen) atoms. The van der Waals surface area contributed by atoms with Crippen LogP contribution in [0.5, 0.6) is 0 Å². The zero-order valence-corrected chi connectivity index (χ0v) is 21.6. The van der Waals surface area contributed by atoms with E-state index in [4.69, 9.17) is 0 Å². The van der Waals surface area contributed by atoms with E-state index in [1.165, 1.54) is 30.3 Å². The maximum atomic E-state index is 13.6. The van der Waals surface area contributed by atoms with Crippen LogP contribution in [0.15, 0.2) is 48.5 Å². The molecule has 3 amide bonds. The van der Waals surface area contributed by atoms with E-state index in [2.05, 4.69) is 31.9 Å². The van der Waals surface area contributed by atoms with Crippen LogP contribution in [-0.4, -0.2) is 54.6 Å². The van der Waals surface area contributed by atoms with E-state index >= 15 is 0 Å². The van der Waals surface area contributed by atoms with Crippen molar-refractivity contribution in [2.45, 2.75) is 16.1 Å². The van der Waals surface area contributed by atoms with Gasteiger partial charge in [-0.3, -0.25) is 29.3 Å². The highest BCUT2D eigenvalue weighted by molar-refractivity contribution is 9.12. The molecular formula is C24H18Br2FN3O6. The predicted octanol–water partition coefficient (Wildman–Crippen LogP) is 3.75. The Labute approximate surface area is 221 Å². The van der Waals surface area contributed by atoms with E-state index in [0.29, 0.717) is 6.42 Å². The number of nitro groups is 1. The molecule has 1 saturated heterocycles. The van der Waals surface area contributed by atoms with Gasteiger partial charge in [0.25, 0.3) is 23.4 Å². The summed E-state index contributed by atoms with van der Waals surface area (Å²) in [5.41, 5.74) is -0.439. The number of hydrazine groups is 1. The topological polar surface area (TPSA) is 118 Å². The summed E-state index contributed by atoms with van der Waals surface area (Å²) in [4.78, 5) is 64.3. The van der Waals surface area contributed by atoms with Crippen molar-refractivity contribution in [1.82, 2.24) is 10.0 Å². The molecule has 1 aliphatic heterocycles. The molecule has 3 fully saturated rings. The molecule has 0 radical (unpaired) electrons. The summed E-state index contributed by atoms with van der Waals surface area (Å²) in [7, 11) is 0. The highest BCUT2D eigenvalue weighted by Gasteiger charge is 2.67. The highest BCUT2D eigenvalue weighted by atomic mass is 79.9. The Morgan fingerprint density at radius 1 is 1.00 bits per heavy atom. The number of hydrogen-bond donors (Lipinski definition) is 0.